The monoisotopic (exact) mass is 513 g/mol. The minimum absolute atomic E-state index is 0.187. The van der Waals surface area contributed by atoms with Gasteiger partial charge >= 0.3 is 0 Å². The van der Waals surface area contributed by atoms with E-state index in [0.29, 0.717) is 47.7 Å². The number of aromatic nitrogens is 2. The van der Waals surface area contributed by atoms with Crippen LogP contribution in [0, 0.1) is 5.82 Å². The first-order valence-electron chi connectivity index (χ1n) is 12.4. The number of anilines is 5. The van der Waals surface area contributed by atoms with Crippen molar-refractivity contribution < 1.29 is 18.7 Å². The Morgan fingerprint density at radius 3 is 2.42 bits per heavy atom. The minimum Gasteiger partial charge on any atom is -0.490 e. The summed E-state index contributed by atoms with van der Waals surface area (Å²) in [6, 6.07) is 19.0. The van der Waals surface area contributed by atoms with E-state index in [1.54, 1.807) is 29.3 Å². The summed E-state index contributed by atoms with van der Waals surface area (Å²) >= 11 is 0. The van der Waals surface area contributed by atoms with Gasteiger partial charge in [-0.1, -0.05) is 24.3 Å². The highest BCUT2D eigenvalue weighted by atomic mass is 19.1. The number of rotatable bonds is 8. The number of halogens is 1. The summed E-state index contributed by atoms with van der Waals surface area (Å²) in [4.78, 5) is 26.5. The second-order valence-electron chi connectivity index (χ2n) is 8.65. The van der Waals surface area contributed by atoms with E-state index in [2.05, 4.69) is 10.3 Å². The zero-order valence-corrected chi connectivity index (χ0v) is 21.4. The molecule has 0 aliphatic carbocycles. The summed E-state index contributed by atoms with van der Waals surface area (Å²) in [5, 5.41) is 3.24. The van der Waals surface area contributed by atoms with Crippen molar-refractivity contribution in [1.82, 2.24) is 9.97 Å². The molecular formula is C29H28FN5O3. The van der Waals surface area contributed by atoms with Gasteiger partial charge in [0.25, 0.3) is 5.91 Å². The van der Waals surface area contributed by atoms with Crippen molar-refractivity contribution in [2.24, 2.45) is 0 Å². The highest BCUT2D eigenvalue weighted by Gasteiger charge is 2.31. The molecular weight excluding hydrogens is 485 g/mol. The molecule has 194 valence electrons. The van der Waals surface area contributed by atoms with E-state index in [1.165, 1.54) is 12.1 Å². The Morgan fingerprint density at radius 1 is 0.921 bits per heavy atom. The molecule has 0 atom stereocenters. The lowest BCUT2D eigenvalue weighted by molar-refractivity contribution is 0.0986. The van der Waals surface area contributed by atoms with Crippen molar-refractivity contribution >= 4 is 34.7 Å². The highest BCUT2D eigenvalue weighted by Crippen LogP contribution is 2.40. The molecule has 0 radical (unpaired) electrons. The van der Waals surface area contributed by atoms with Crippen molar-refractivity contribution in [3.05, 3.63) is 89.9 Å². The number of fused-ring (bicyclic) bond motifs is 2. The van der Waals surface area contributed by atoms with Crippen LogP contribution in [0.3, 0.4) is 0 Å². The van der Waals surface area contributed by atoms with Crippen molar-refractivity contribution in [1.29, 1.82) is 0 Å². The number of carbonyl (C=O) groups is 1. The fourth-order valence-electron chi connectivity index (χ4n) is 4.37. The molecule has 1 N–H and O–H groups in total. The molecule has 0 spiro atoms. The molecule has 38 heavy (non-hydrogen) atoms. The van der Waals surface area contributed by atoms with Crippen LogP contribution in [0.1, 0.15) is 29.8 Å². The van der Waals surface area contributed by atoms with Crippen LogP contribution in [0.5, 0.6) is 11.5 Å². The van der Waals surface area contributed by atoms with Crippen molar-refractivity contribution in [3.8, 4) is 11.5 Å². The highest BCUT2D eigenvalue weighted by molar-refractivity contribution is 6.13. The zero-order chi connectivity index (χ0) is 26.6. The van der Waals surface area contributed by atoms with Gasteiger partial charge in [0, 0.05) is 18.8 Å². The molecule has 0 fully saturated rings. The van der Waals surface area contributed by atoms with E-state index in [0.717, 1.165) is 16.9 Å². The average Bonchev–Trinajstić information content (AvgIpc) is 3.01. The molecule has 3 aromatic carbocycles. The van der Waals surface area contributed by atoms with Gasteiger partial charge < -0.3 is 19.7 Å². The molecule has 0 bridgehead atoms. The predicted octanol–water partition coefficient (Wildman–Crippen LogP) is 6.09. The third kappa shape index (κ3) is 4.95. The third-order valence-corrected chi connectivity index (χ3v) is 6.15. The molecule has 0 saturated heterocycles. The molecule has 0 saturated carbocycles. The molecule has 1 aliphatic rings. The summed E-state index contributed by atoms with van der Waals surface area (Å²) in [5.41, 5.74) is 3.33. The fourth-order valence-corrected chi connectivity index (χ4v) is 4.37. The van der Waals surface area contributed by atoms with E-state index in [9.17, 15) is 9.18 Å². The molecule has 9 heteroatoms. The summed E-state index contributed by atoms with van der Waals surface area (Å²) < 4.78 is 24.9. The number of carbonyl (C=O) groups excluding carboxylic acids is 1. The summed E-state index contributed by atoms with van der Waals surface area (Å²) in [5.74, 6) is 1.68. The largest absolute Gasteiger partial charge is 0.490 e. The number of nitrogens with zero attached hydrogens (tertiary/aromatic N) is 4. The first kappa shape index (κ1) is 25.0. The third-order valence-electron chi connectivity index (χ3n) is 6.15. The van der Waals surface area contributed by atoms with Crippen LogP contribution in [0.2, 0.25) is 0 Å². The fraction of sp³-hybridized carbons (Fsp3) is 0.207. The number of benzene rings is 3. The van der Waals surface area contributed by atoms with Crippen LogP contribution < -0.4 is 24.6 Å². The van der Waals surface area contributed by atoms with Crippen LogP contribution in [0.4, 0.5) is 33.2 Å². The second kappa shape index (κ2) is 10.8. The van der Waals surface area contributed by atoms with Gasteiger partial charge in [0.1, 0.15) is 11.5 Å². The van der Waals surface area contributed by atoms with Gasteiger partial charge in [-0.3, -0.25) is 9.69 Å². The van der Waals surface area contributed by atoms with Crippen LogP contribution in [0.15, 0.2) is 72.9 Å². The van der Waals surface area contributed by atoms with Crippen LogP contribution in [-0.2, 0) is 6.54 Å². The first-order valence-corrected chi connectivity index (χ1v) is 12.4. The summed E-state index contributed by atoms with van der Waals surface area (Å²) in [7, 11) is 1.87. The number of nitrogens with one attached hydrogen (secondary N) is 1. The maximum Gasteiger partial charge on any atom is 0.260 e. The van der Waals surface area contributed by atoms with Crippen molar-refractivity contribution in [3.63, 3.8) is 0 Å². The molecule has 5 rings (SSSR count). The Hall–Kier alpha value is -4.66. The van der Waals surface area contributed by atoms with Gasteiger partial charge in [0.05, 0.1) is 37.2 Å². The Bertz CT molecular complexity index is 1460. The Labute approximate surface area is 220 Å². The average molecular weight is 514 g/mol. The Balaban J connectivity index is 1.54. The topological polar surface area (TPSA) is 79.8 Å². The molecule has 4 aromatic rings. The van der Waals surface area contributed by atoms with Crippen LogP contribution >= 0.6 is 0 Å². The molecule has 1 aromatic heterocycles. The van der Waals surface area contributed by atoms with Crippen LogP contribution in [-0.4, -0.2) is 36.1 Å². The smallest absolute Gasteiger partial charge is 0.260 e. The Morgan fingerprint density at radius 2 is 1.66 bits per heavy atom. The maximum absolute atomic E-state index is 13.7. The molecule has 8 nitrogen and oxygen atoms in total. The molecule has 1 aliphatic heterocycles. The molecule has 0 unspecified atom stereocenters. The number of amides is 1. The van der Waals surface area contributed by atoms with Gasteiger partial charge in [0.2, 0.25) is 5.95 Å². The lowest BCUT2D eigenvalue weighted by Gasteiger charge is -2.24. The van der Waals surface area contributed by atoms with E-state index in [4.69, 9.17) is 14.5 Å². The van der Waals surface area contributed by atoms with E-state index < -0.39 is 0 Å². The number of ether oxygens (including phenoxy) is 2. The second-order valence-corrected chi connectivity index (χ2v) is 8.65. The number of hydrogen-bond donors (Lipinski definition) is 1. The quantitative estimate of drug-likeness (QED) is 0.306. The van der Waals surface area contributed by atoms with Gasteiger partial charge in [-0.2, -0.15) is 4.98 Å². The SMILES string of the molecule is CCOc1ccc(Nc2ncc3c(n2)N(C)c2ccccc2C(=O)N3Cc2ccc(F)cc2)cc1OCC. The van der Waals surface area contributed by atoms with Gasteiger partial charge in [-0.15, -0.1) is 0 Å². The zero-order valence-electron chi connectivity index (χ0n) is 21.4. The Kier molecular flexibility index (Phi) is 7.08. The minimum atomic E-state index is -0.331. The van der Waals surface area contributed by atoms with Gasteiger partial charge in [-0.25, -0.2) is 9.37 Å². The number of hydrogen-bond acceptors (Lipinski definition) is 7. The number of para-hydroxylation sites is 1. The molecule has 2 heterocycles. The van der Waals surface area contributed by atoms with Crippen LogP contribution in [0.25, 0.3) is 0 Å². The maximum atomic E-state index is 13.7. The predicted molar refractivity (Wildman–Crippen MR) is 146 cm³/mol. The van der Waals surface area contributed by atoms with E-state index in [1.807, 2.05) is 62.2 Å². The van der Waals surface area contributed by atoms with Crippen molar-refractivity contribution in [2.75, 3.05) is 35.4 Å². The summed E-state index contributed by atoms with van der Waals surface area (Å²) in [6.07, 6.45) is 1.63. The first-order chi connectivity index (χ1) is 18.5. The lowest BCUT2D eigenvalue weighted by atomic mass is 10.1. The lowest BCUT2D eigenvalue weighted by Crippen LogP contribution is -2.30. The van der Waals surface area contributed by atoms with Gasteiger partial charge in [0.15, 0.2) is 17.3 Å². The van der Waals surface area contributed by atoms with E-state index in [-0.39, 0.29) is 18.3 Å². The summed E-state index contributed by atoms with van der Waals surface area (Å²) in [6.45, 7) is 5.10. The van der Waals surface area contributed by atoms with Crippen molar-refractivity contribution in [2.45, 2.75) is 20.4 Å². The van der Waals surface area contributed by atoms with E-state index >= 15 is 0 Å². The standard InChI is InChI=1S/C29H28FN5O3/c1-4-37-25-15-14-21(16-26(25)38-5-2)32-29-31-17-24-27(33-29)34(3)23-9-7-6-8-22(23)28(36)35(24)18-19-10-12-20(30)13-11-19/h6-17H,4-5,18H2,1-3H3,(H,31,32,33). The van der Waals surface area contributed by atoms with Gasteiger partial charge in [-0.05, 0) is 55.8 Å². The molecule has 1 amide bonds. The normalized spacial score (nSPS) is 12.5.